The lowest BCUT2D eigenvalue weighted by Crippen LogP contribution is -2.50. The number of rotatable bonds is 4. The topological polar surface area (TPSA) is 120 Å². The quantitative estimate of drug-likeness (QED) is 0.495. The first kappa shape index (κ1) is 24.5. The first-order valence-corrected chi connectivity index (χ1v) is 13.6. The number of hydrogen-bond donors (Lipinski definition) is 3. The van der Waals surface area contributed by atoms with Crippen molar-refractivity contribution in [1.29, 1.82) is 0 Å². The van der Waals surface area contributed by atoms with E-state index >= 15 is 0 Å². The molecule has 1 unspecified atom stereocenters. The van der Waals surface area contributed by atoms with Gasteiger partial charge in [-0.15, -0.1) is 0 Å². The molecule has 1 amide bonds. The summed E-state index contributed by atoms with van der Waals surface area (Å²) in [7, 11) is -3.88. The van der Waals surface area contributed by atoms with E-state index in [-0.39, 0.29) is 10.8 Å². The molecule has 3 N–H and O–H groups in total. The van der Waals surface area contributed by atoms with Crippen molar-refractivity contribution in [2.45, 2.75) is 24.2 Å². The molecule has 36 heavy (non-hydrogen) atoms. The first-order valence-electron chi connectivity index (χ1n) is 11.3. The van der Waals surface area contributed by atoms with Gasteiger partial charge in [-0.05, 0) is 55.1 Å². The number of aromatic nitrogens is 2. The number of allylic oxidation sites excluding steroid dienone is 4. The number of fused-ring (bicyclic) bond motifs is 3. The molecule has 1 aromatic carbocycles. The highest BCUT2D eigenvalue weighted by Gasteiger charge is 2.35. The number of amides is 1. The van der Waals surface area contributed by atoms with E-state index < -0.39 is 15.9 Å². The minimum atomic E-state index is -3.88. The summed E-state index contributed by atoms with van der Waals surface area (Å²) in [6.07, 6.45) is 6.24. The number of nitrogens with one attached hydrogen (secondary N) is 3. The Labute approximate surface area is 219 Å². The van der Waals surface area contributed by atoms with E-state index in [0.717, 1.165) is 54.4 Å². The van der Waals surface area contributed by atoms with Crippen LogP contribution in [-0.2, 0) is 14.8 Å². The van der Waals surface area contributed by atoms with Crippen LogP contribution in [0.1, 0.15) is 24.8 Å². The Morgan fingerprint density at radius 2 is 1.86 bits per heavy atom. The third kappa shape index (κ3) is 4.88. The number of piperazine rings is 1. The predicted octanol–water partition coefficient (Wildman–Crippen LogP) is 2.74. The van der Waals surface area contributed by atoms with Crippen LogP contribution in [0.5, 0.6) is 0 Å². The molecule has 1 saturated heterocycles. The molecule has 0 spiro atoms. The van der Waals surface area contributed by atoms with Crippen molar-refractivity contribution in [3.8, 4) is 0 Å². The largest absolute Gasteiger partial charge is 0.353 e. The molecular formula is C23H24ClN7O3S2. The van der Waals surface area contributed by atoms with Crippen molar-refractivity contribution in [3.63, 3.8) is 0 Å². The number of benzene rings is 1. The number of nitrogens with zero attached hydrogens (tertiary/aromatic N) is 4. The minimum Gasteiger partial charge on any atom is -0.353 e. The van der Waals surface area contributed by atoms with Crippen LogP contribution in [0.15, 0.2) is 58.4 Å². The van der Waals surface area contributed by atoms with Crippen molar-refractivity contribution >= 4 is 62.2 Å². The summed E-state index contributed by atoms with van der Waals surface area (Å²) in [5.74, 6) is 1.24. The molecule has 0 saturated carbocycles. The van der Waals surface area contributed by atoms with Gasteiger partial charge in [0.2, 0.25) is 5.91 Å². The van der Waals surface area contributed by atoms with Gasteiger partial charge in [0.15, 0.2) is 5.11 Å². The zero-order valence-corrected chi connectivity index (χ0v) is 21.8. The molecule has 0 bridgehead atoms. The van der Waals surface area contributed by atoms with Gasteiger partial charge in [0.25, 0.3) is 10.0 Å². The van der Waals surface area contributed by atoms with Crippen LogP contribution in [0.25, 0.3) is 0 Å². The van der Waals surface area contributed by atoms with E-state index in [1.54, 1.807) is 18.5 Å². The zero-order valence-electron chi connectivity index (χ0n) is 19.4. The first-order chi connectivity index (χ1) is 17.2. The van der Waals surface area contributed by atoms with Crippen LogP contribution in [0, 0.1) is 0 Å². The Morgan fingerprint density at radius 1 is 1.14 bits per heavy atom. The molecule has 3 aliphatic rings. The number of anilines is 3. The van der Waals surface area contributed by atoms with Crippen molar-refractivity contribution in [2.75, 3.05) is 41.7 Å². The Balaban J connectivity index is 1.22. The highest BCUT2D eigenvalue weighted by atomic mass is 35.5. The number of thiocarbonyl (C=S) groups is 1. The fourth-order valence-corrected chi connectivity index (χ4v) is 6.05. The second kappa shape index (κ2) is 9.68. The fraction of sp³-hybridized carbons (Fsp3) is 0.304. The minimum absolute atomic E-state index is 0.00222. The maximum absolute atomic E-state index is 12.1. The average Bonchev–Trinajstić information content (AvgIpc) is 3.21. The summed E-state index contributed by atoms with van der Waals surface area (Å²) in [6, 6.07) is 6.08. The normalized spacial score (nSPS) is 18.9. The maximum Gasteiger partial charge on any atom is 0.264 e. The van der Waals surface area contributed by atoms with Gasteiger partial charge in [-0.2, -0.15) is 0 Å². The van der Waals surface area contributed by atoms with E-state index in [2.05, 4.69) is 30.4 Å². The van der Waals surface area contributed by atoms with Gasteiger partial charge in [0.1, 0.15) is 18.0 Å². The van der Waals surface area contributed by atoms with Crippen LogP contribution in [0.2, 0.25) is 0 Å². The number of carbonyl (C=O) groups excluding carboxylic acids is 1. The molecule has 188 valence electrons. The number of halogens is 1. The summed E-state index contributed by atoms with van der Waals surface area (Å²) >= 11 is 11.9. The lowest BCUT2D eigenvalue weighted by atomic mass is 9.92. The van der Waals surface area contributed by atoms with Crippen molar-refractivity contribution < 1.29 is 13.2 Å². The lowest BCUT2D eigenvalue weighted by Gasteiger charge is -2.37. The summed E-state index contributed by atoms with van der Waals surface area (Å²) < 4.78 is 26.2. The Kier molecular flexibility index (Phi) is 6.58. The molecule has 1 aromatic heterocycles. The van der Waals surface area contributed by atoms with Gasteiger partial charge >= 0.3 is 0 Å². The molecule has 3 heterocycles. The lowest BCUT2D eigenvalue weighted by molar-refractivity contribution is -0.117. The Bertz CT molecular complexity index is 1380. The third-order valence-electron chi connectivity index (χ3n) is 6.25. The van der Waals surface area contributed by atoms with Gasteiger partial charge in [-0.3, -0.25) is 4.79 Å². The maximum atomic E-state index is 12.1. The van der Waals surface area contributed by atoms with Crippen LogP contribution < -0.4 is 20.3 Å². The van der Waals surface area contributed by atoms with Crippen molar-refractivity contribution in [3.05, 3.63) is 59.0 Å². The predicted molar refractivity (Wildman–Crippen MR) is 142 cm³/mol. The van der Waals surface area contributed by atoms with E-state index in [9.17, 15) is 13.2 Å². The molecule has 13 heteroatoms. The molecule has 2 aromatic rings. The third-order valence-corrected chi connectivity index (χ3v) is 8.34. The summed E-state index contributed by atoms with van der Waals surface area (Å²) in [6.45, 7) is 4.00. The van der Waals surface area contributed by atoms with Gasteiger partial charge < -0.3 is 20.4 Å². The molecule has 1 aliphatic carbocycles. The summed E-state index contributed by atoms with van der Waals surface area (Å²) in [4.78, 5) is 24.5. The SMILES string of the molecule is CC(=O)NS(=O)(=O)c1ccc(NC(=S)N2CCN(c3ncnc4c3C3CC(Cl)=CC=C3N4)CC2)cc1. The zero-order chi connectivity index (χ0) is 25.4. The molecule has 5 rings (SSSR count). The Hall–Kier alpha value is -3.22. The molecule has 10 nitrogen and oxygen atoms in total. The van der Waals surface area contributed by atoms with E-state index in [4.69, 9.17) is 23.8 Å². The van der Waals surface area contributed by atoms with E-state index in [0.29, 0.717) is 23.9 Å². The Morgan fingerprint density at radius 3 is 2.56 bits per heavy atom. The summed E-state index contributed by atoms with van der Waals surface area (Å²) in [5.41, 5.74) is 2.83. The fourth-order valence-electron chi connectivity index (χ4n) is 4.54. The van der Waals surface area contributed by atoms with Crippen LogP contribution in [-0.4, -0.2) is 60.5 Å². The van der Waals surface area contributed by atoms with Crippen LogP contribution >= 0.6 is 23.8 Å². The molecule has 2 aliphatic heterocycles. The van der Waals surface area contributed by atoms with E-state index in [1.807, 2.05) is 16.9 Å². The van der Waals surface area contributed by atoms with Crippen molar-refractivity contribution in [2.24, 2.45) is 0 Å². The number of sulfonamides is 1. The second-order valence-corrected chi connectivity index (χ2v) is 11.2. The van der Waals surface area contributed by atoms with Gasteiger partial charge in [0.05, 0.1) is 4.90 Å². The average molecular weight is 546 g/mol. The highest BCUT2D eigenvalue weighted by Crippen LogP contribution is 2.47. The van der Waals surface area contributed by atoms with Gasteiger partial charge in [-0.1, -0.05) is 11.6 Å². The van der Waals surface area contributed by atoms with Gasteiger partial charge in [0, 0.05) is 61.0 Å². The molecular weight excluding hydrogens is 522 g/mol. The van der Waals surface area contributed by atoms with Crippen LogP contribution in [0.3, 0.4) is 0 Å². The second-order valence-electron chi connectivity index (χ2n) is 8.67. The highest BCUT2D eigenvalue weighted by molar-refractivity contribution is 7.90. The number of carbonyl (C=O) groups is 1. The van der Waals surface area contributed by atoms with Crippen molar-refractivity contribution in [1.82, 2.24) is 19.6 Å². The molecule has 1 fully saturated rings. The molecule has 0 radical (unpaired) electrons. The van der Waals surface area contributed by atoms with Crippen LogP contribution in [0.4, 0.5) is 17.3 Å². The number of hydrogen-bond acceptors (Lipinski definition) is 8. The van der Waals surface area contributed by atoms with Gasteiger partial charge in [-0.25, -0.2) is 23.1 Å². The van der Waals surface area contributed by atoms with E-state index in [1.165, 1.54) is 12.1 Å². The standard InChI is InChI=1S/C23H24ClN7O3S2/c1-14(32)29-36(33,34)17-5-3-16(4-6-17)27-23(35)31-10-8-30(9-11-31)22-20-18-12-15(24)2-7-19(18)28-21(20)25-13-26-22/h2-7,13,18H,8-12H2,1H3,(H,27,35)(H,29,32)(H,25,26,28). The summed E-state index contributed by atoms with van der Waals surface area (Å²) in [5, 5.41) is 7.92. The smallest absolute Gasteiger partial charge is 0.264 e. The monoisotopic (exact) mass is 545 g/mol. The molecule has 1 atom stereocenters.